The van der Waals surface area contributed by atoms with Crippen molar-refractivity contribution in [3.63, 3.8) is 0 Å². The van der Waals surface area contributed by atoms with Gasteiger partial charge in [-0.3, -0.25) is 20.6 Å². The molecule has 0 atom stereocenters. The molecule has 1 aromatic heterocycles. The molecule has 4 rings (SSSR count). The zero-order valence-electron chi connectivity index (χ0n) is 18.1. The maximum Gasteiger partial charge on any atom is 0.269 e. The number of thiocarbonyl (C=S) groups is 1. The molecule has 0 aliphatic carbocycles. The first kappa shape index (κ1) is 22.5. The van der Waals surface area contributed by atoms with Gasteiger partial charge in [-0.2, -0.15) is 0 Å². The van der Waals surface area contributed by atoms with E-state index in [1.165, 1.54) is 0 Å². The van der Waals surface area contributed by atoms with Gasteiger partial charge in [0.15, 0.2) is 0 Å². The van der Waals surface area contributed by atoms with E-state index >= 15 is 0 Å². The number of para-hydroxylation sites is 1. The van der Waals surface area contributed by atoms with Crippen molar-refractivity contribution >= 4 is 45.6 Å². The lowest BCUT2D eigenvalue weighted by atomic mass is 10.0. The summed E-state index contributed by atoms with van der Waals surface area (Å²) < 4.78 is 0. The highest BCUT2D eigenvalue weighted by molar-refractivity contribution is 7.80. The van der Waals surface area contributed by atoms with Gasteiger partial charge < -0.3 is 0 Å². The van der Waals surface area contributed by atoms with Crippen LogP contribution in [0.25, 0.3) is 10.9 Å². The van der Waals surface area contributed by atoms with Gasteiger partial charge in [-0.1, -0.05) is 72.1 Å². The van der Waals surface area contributed by atoms with Crippen LogP contribution < -0.4 is 10.9 Å². The molecule has 3 aromatic carbocycles. The van der Waals surface area contributed by atoms with Gasteiger partial charge in [0.25, 0.3) is 5.91 Å². The first-order valence-corrected chi connectivity index (χ1v) is 11.0. The number of aryl methyl sites for hydroxylation is 2. The quantitative estimate of drug-likeness (QED) is 0.231. The Morgan fingerprint density at radius 3 is 2.58 bits per heavy atom. The number of hydrazine groups is 1. The fraction of sp³-hybridized carbons (Fsp3) is 0.0741. The number of carbonyl (C=O) groups is 1. The second kappa shape index (κ2) is 9.83. The van der Waals surface area contributed by atoms with Gasteiger partial charge in [-0.15, -0.1) is 0 Å². The minimum Gasteiger partial charge on any atom is -0.287 e. The molecule has 1 amide bonds. The molecule has 0 radical (unpaired) electrons. The van der Waals surface area contributed by atoms with E-state index in [1.807, 2.05) is 62.4 Å². The predicted molar refractivity (Wildman–Crippen MR) is 137 cm³/mol. The number of nitrogens with zero attached hydrogens (tertiary/aromatic N) is 1. The molecule has 0 saturated carbocycles. The second-order valence-electron chi connectivity index (χ2n) is 7.54. The monoisotopic (exact) mass is 469 g/mol. The summed E-state index contributed by atoms with van der Waals surface area (Å²) in [4.78, 5) is 17.5. The first-order valence-electron chi connectivity index (χ1n) is 10.3. The van der Waals surface area contributed by atoms with E-state index in [0.29, 0.717) is 21.1 Å². The molecule has 6 heteroatoms. The Labute approximate surface area is 203 Å². The highest BCUT2D eigenvalue weighted by Crippen LogP contribution is 2.19. The molecular formula is C27H20ClN3OS. The number of carbonyl (C=O) groups excluding carboxylic acids is 1. The second-order valence-corrected chi connectivity index (χ2v) is 8.35. The van der Waals surface area contributed by atoms with E-state index in [-0.39, 0.29) is 5.91 Å². The van der Waals surface area contributed by atoms with Crippen LogP contribution in [0.5, 0.6) is 0 Å². The number of halogens is 1. The van der Waals surface area contributed by atoms with Gasteiger partial charge in [0.2, 0.25) is 0 Å². The summed E-state index contributed by atoms with van der Waals surface area (Å²) in [5, 5.41) is 1.56. The zero-order valence-corrected chi connectivity index (χ0v) is 19.6. The highest BCUT2D eigenvalue weighted by atomic mass is 35.5. The number of amides is 1. The maximum atomic E-state index is 12.7. The Morgan fingerprint density at radius 1 is 0.939 bits per heavy atom. The van der Waals surface area contributed by atoms with Crippen molar-refractivity contribution in [2.45, 2.75) is 13.8 Å². The van der Waals surface area contributed by atoms with Crippen LogP contribution in [-0.4, -0.2) is 15.9 Å². The molecule has 0 aliphatic heterocycles. The number of rotatable bonds is 2. The topological polar surface area (TPSA) is 54.0 Å². The fourth-order valence-electron chi connectivity index (χ4n) is 3.34. The van der Waals surface area contributed by atoms with Crippen molar-refractivity contribution < 1.29 is 4.79 Å². The van der Waals surface area contributed by atoms with Crippen LogP contribution >= 0.6 is 23.8 Å². The summed E-state index contributed by atoms with van der Waals surface area (Å²) in [6.07, 6.45) is 1.75. The standard InChI is InChI=1S/C27H20ClN3OS/c1-17-10-12-22(26(32)30-31-27(33)25-18(2)6-5-8-23(25)28)15-20(17)13-11-19-14-21-7-3-4-9-24(21)29-16-19/h3-10,12,14-16H,1-2H3,(H,30,32)(H,31,33). The summed E-state index contributed by atoms with van der Waals surface area (Å²) in [5.74, 6) is 5.99. The zero-order chi connectivity index (χ0) is 23.4. The molecule has 33 heavy (non-hydrogen) atoms. The lowest BCUT2D eigenvalue weighted by molar-refractivity contribution is 0.0944. The van der Waals surface area contributed by atoms with Gasteiger partial charge in [0.1, 0.15) is 4.99 Å². The van der Waals surface area contributed by atoms with Crippen LogP contribution in [0.1, 0.15) is 38.2 Å². The average Bonchev–Trinajstić information content (AvgIpc) is 2.81. The van der Waals surface area contributed by atoms with Gasteiger partial charge in [0.05, 0.1) is 10.5 Å². The summed E-state index contributed by atoms with van der Waals surface area (Å²) in [6, 6.07) is 20.8. The van der Waals surface area contributed by atoms with Crippen molar-refractivity contribution in [1.29, 1.82) is 0 Å². The highest BCUT2D eigenvalue weighted by Gasteiger charge is 2.12. The van der Waals surface area contributed by atoms with Crippen molar-refractivity contribution in [3.05, 3.63) is 111 Å². The van der Waals surface area contributed by atoms with Crippen LogP contribution in [-0.2, 0) is 0 Å². The Morgan fingerprint density at radius 2 is 1.76 bits per heavy atom. The number of nitrogens with one attached hydrogen (secondary N) is 2. The van der Waals surface area contributed by atoms with Gasteiger partial charge in [-0.05, 0) is 55.3 Å². The predicted octanol–water partition coefficient (Wildman–Crippen LogP) is 5.51. The first-order chi connectivity index (χ1) is 15.9. The fourth-order valence-corrected chi connectivity index (χ4v) is 4.04. The lowest BCUT2D eigenvalue weighted by Crippen LogP contribution is -2.41. The Hall–Kier alpha value is -3.72. The van der Waals surface area contributed by atoms with Crippen LogP contribution in [0.3, 0.4) is 0 Å². The summed E-state index contributed by atoms with van der Waals surface area (Å²) in [7, 11) is 0. The van der Waals surface area contributed by atoms with E-state index in [2.05, 4.69) is 27.7 Å². The lowest BCUT2D eigenvalue weighted by Gasteiger charge is -2.13. The number of pyridine rings is 1. The number of hydrogen-bond donors (Lipinski definition) is 2. The third kappa shape index (κ3) is 5.20. The number of benzene rings is 3. The molecule has 0 saturated heterocycles. The molecule has 0 spiro atoms. The van der Waals surface area contributed by atoms with Gasteiger partial charge in [-0.25, -0.2) is 0 Å². The summed E-state index contributed by atoms with van der Waals surface area (Å²) >= 11 is 11.7. The van der Waals surface area contributed by atoms with E-state index in [9.17, 15) is 4.79 Å². The number of fused-ring (bicyclic) bond motifs is 1. The molecule has 0 unspecified atom stereocenters. The SMILES string of the molecule is Cc1ccc(C(=O)NNC(=S)c2c(C)cccc2Cl)cc1C#Cc1cnc2ccccc2c1. The Kier molecular flexibility index (Phi) is 6.69. The molecule has 0 aliphatic rings. The Balaban J connectivity index is 1.50. The van der Waals surface area contributed by atoms with Crippen LogP contribution in [0.4, 0.5) is 0 Å². The number of aromatic nitrogens is 1. The normalized spacial score (nSPS) is 10.3. The summed E-state index contributed by atoms with van der Waals surface area (Å²) in [5.41, 5.74) is 11.0. The molecule has 0 fully saturated rings. The van der Waals surface area contributed by atoms with Crippen molar-refractivity contribution in [2.75, 3.05) is 0 Å². The molecule has 4 nitrogen and oxygen atoms in total. The third-order valence-corrected chi connectivity index (χ3v) is 5.79. The van der Waals surface area contributed by atoms with Crippen LogP contribution in [0.15, 0.2) is 72.9 Å². The van der Waals surface area contributed by atoms with E-state index in [0.717, 1.165) is 33.2 Å². The van der Waals surface area contributed by atoms with Crippen molar-refractivity contribution in [1.82, 2.24) is 15.8 Å². The van der Waals surface area contributed by atoms with E-state index in [1.54, 1.807) is 24.4 Å². The minimum atomic E-state index is -0.322. The molecular weight excluding hydrogens is 450 g/mol. The van der Waals surface area contributed by atoms with Crippen molar-refractivity contribution in [3.8, 4) is 11.8 Å². The third-order valence-electron chi connectivity index (χ3n) is 5.17. The van der Waals surface area contributed by atoms with Crippen molar-refractivity contribution in [2.24, 2.45) is 0 Å². The average molecular weight is 470 g/mol. The smallest absolute Gasteiger partial charge is 0.269 e. The molecule has 2 N–H and O–H groups in total. The summed E-state index contributed by atoms with van der Waals surface area (Å²) in [6.45, 7) is 3.87. The Bertz CT molecular complexity index is 1430. The molecule has 4 aromatic rings. The number of hydrogen-bond acceptors (Lipinski definition) is 3. The van der Waals surface area contributed by atoms with Gasteiger partial charge >= 0.3 is 0 Å². The van der Waals surface area contributed by atoms with Crippen LogP contribution in [0.2, 0.25) is 5.02 Å². The van der Waals surface area contributed by atoms with Crippen LogP contribution in [0, 0.1) is 25.7 Å². The minimum absolute atomic E-state index is 0.322. The molecule has 0 bridgehead atoms. The maximum absolute atomic E-state index is 12.7. The molecule has 162 valence electrons. The largest absolute Gasteiger partial charge is 0.287 e. The van der Waals surface area contributed by atoms with E-state index < -0.39 is 0 Å². The van der Waals surface area contributed by atoms with E-state index in [4.69, 9.17) is 23.8 Å². The van der Waals surface area contributed by atoms with Gasteiger partial charge in [0, 0.05) is 33.8 Å². The molecule has 1 heterocycles.